The van der Waals surface area contributed by atoms with Crippen LogP contribution in [0.2, 0.25) is 0 Å². The average molecular weight is 986 g/mol. The minimum atomic E-state index is -2.14. The summed E-state index contributed by atoms with van der Waals surface area (Å²) in [7, 11) is 0. The molecule has 6 rings (SSSR count). The summed E-state index contributed by atoms with van der Waals surface area (Å²) in [5, 5.41) is 170. The van der Waals surface area contributed by atoms with E-state index in [0.29, 0.717) is 5.56 Å². The van der Waals surface area contributed by atoms with Crippen molar-refractivity contribution in [3.63, 3.8) is 0 Å². The number of aliphatic hydroxyl groups excluding tert-OH is 16. The molecule has 5 heterocycles. The van der Waals surface area contributed by atoms with Gasteiger partial charge in [0.2, 0.25) is 5.91 Å². The SMILES string of the molecule is C=Cc1ccc(CN(C(C)=O)[C@@H]2O[C@H](CO)[C@@H](O[C@H]3O[C@H](CO)[C@@H](O[C@H]4O[C@H](CO)[C@@H](O[C@H]5O[C@H](CO)[C@@H](O[C@H]6O[C@H](CO)[C@@H](O)[C@H](O)[C@H]6O)[C@H](O)[C@H]5O)[C@H](O)[C@H]4O)[C@H](O)[C@H]3O)[C@H](O)[C@H]2O)cc1. The van der Waals surface area contributed by atoms with E-state index in [0.717, 1.165) is 10.5 Å². The normalized spacial score (nSPS) is 45.7. The monoisotopic (exact) mass is 985 g/mol. The van der Waals surface area contributed by atoms with E-state index in [2.05, 4.69) is 6.58 Å². The Labute approximate surface area is 387 Å². The molecule has 68 heavy (non-hydrogen) atoms. The van der Waals surface area contributed by atoms with Crippen molar-refractivity contribution < 1.29 is 129 Å². The van der Waals surface area contributed by atoms with Crippen LogP contribution in [0.3, 0.4) is 0 Å². The van der Waals surface area contributed by atoms with E-state index in [-0.39, 0.29) is 6.54 Å². The number of hydrogen-bond donors (Lipinski definition) is 16. The molecule has 1 aromatic rings. The molecule has 16 N–H and O–H groups in total. The molecule has 1 aromatic carbocycles. The van der Waals surface area contributed by atoms with Gasteiger partial charge in [-0.15, -0.1) is 0 Å². The molecular weight excluding hydrogens is 922 g/mol. The lowest BCUT2D eigenvalue weighted by molar-refractivity contribution is -0.392. The van der Waals surface area contributed by atoms with Gasteiger partial charge in [0.15, 0.2) is 31.4 Å². The lowest BCUT2D eigenvalue weighted by atomic mass is 9.95. The topological polar surface area (TPSA) is 427 Å². The van der Waals surface area contributed by atoms with E-state index in [4.69, 9.17) is 42.6 Å². The molecule has 25 atom stereocenters. The first-order chi connectivity index (χ1) is 32.3. The number of rotatable bonds is 17. The van der Waals surface area contributed by atoms with Crippen LogP contribution in [-0.4, -0.2) is 279 Å². The predicted octanol–water partition coefficient (Wildman–Crippen LogP) is -9.23. The van der Waals surface area contributed by atoms with Gasteiger partial charge >= 0.3 is 0 Å². The highest BCUT2D eigenvalue weighted by Crippen LogP contribution is 2.36. The van der Waals surface area contributed by atoms with Crippen molar-refractivity contribution in [1.82, 2.24) is 4.90 Å². The van der Waals surface area contributed by atoms with Crippen LogP contribution in [0, 0.1) is 0 Å². The van der Waals surface area contributed by atoms with Crippen LogP contribution in [0.25, 0.3) is 6.08 Å². The van der Waals surface area contributed by atoms with Crippen LogP contribution in [0.5, 0.6) is 0 Å². The number of amides is 1. The lowest BCUT2D eigenvalue weighted by Gasteiger charge is -2.50. The summed E-state index contributed by atoms with van der Waals surface area (Å²) in [5.41, 5.74) is 1.43. The quantitative estimate of drug-likeness (QED) is 0.0689. The van der Waals surface area contributed by atoms with Crippen molar-refractivity contribution in [1.29, 1.82) is 0 Å². The molecule has 1 amide bonds. The molecule has 0 saturated carbocycles. The van der Waals surface area contributed by atoms with Gasteiger partial charge < -0.3 is 129 Å². The fourth-order valence-electron chi connectivity index (χ4n) is 8.63. The summed E-state index contributed by atoms with van der Waals surface area (Å²) < 4.78 is 50.7. The molecule has 5 aliphatic rings. The minimum absolute atomic E-state index is 0.0762. The summed E-state index contributed by atoms with van der Waals surface area (Å²) in [4.78, 5) is 13.9. The zero-order chi connectivity index (χ0) is 49.9. The van der Waals surface area contributed by atoms with Crippen LogP contribution in [0.1, 0.15) is 18.1 Å². The summed E-state index contributed by atoms with van der Waals surface area (Å²) >= 11 is 0. The maximum atomic E-state index is 12.8. The van der Waals surface area contributed by atoms with Crippen LogP contribution in [0.4, 0.5) is 0 Å². The summed E-state index contributed by atoms with van der Waals surface area (Å²) in [6.45, 7) is 0.247. The van der Waals surface area contributed by atoms with Gasteiger partial charge in [-0.2, -0.15) is 0 Å². The van der Waals surface area contributed by atoms with Crippen molar-refractivity contribution in [3.8, 4) is 0 Å². The smallest absolute Gasteiger partial charge is 0.221 e. The fourth-order valence-corrected chi connectivity index (χ4v) is 8.63. The molecule has 5 fully saturated rings. The molecule has 0 aliphatic carbocycles. The number of benzene rings is 1. The Kier molecular flexibility index (Phi) is 19.1. The molecule has 5 aliphatic heterocycles. The third-order valence-electron chi connectivity index (χ3n) is 12.6. The van der Waals surface area contributed by atoms with Gasteiger partial charge in [0.25, 0.3) is 0 Å². The van der Waals surface area contributed by atoms with Crippen molar-refractivity contribution in [2.75, 3.05) is 33.0 Å². The Morgan fingerprint density at radius 1 is 0.485 bits per heavy atom. The maximum Gasteiger partial charge on any atom is 0.221 e. The molecular formula is C41H63NO26. The Morgan fingerprint density at radius 3 is 1.15 bits per heavy atom. The molecule has 0 unspecified atom stereocenters. The standard InChI is InChI=1S/C41H63NO26/c1-3-15-4-6-16(7-5-15)8-42(14(2)48)37-28(55)24(51)33(18(10-44)60-37)65-39-30(57)26(53)35(20(12-46)62-39)67-41-32(59)27(54)36(21(13-47)64-41)68-40-31(58)25(52)34(19(11-45)63-40)66-38-29(56)23(50)22(49)17(9-43)61-38/h3-7,17-41,43-47,49-59H,1,8-13H2,2H3/t17-,18-,19-,20-,21-,22-,23+,24-,25-,26-,27-,28-,29-,30-,31-,32-,33-,34-,35-,36-,37-,38-,39-,40-,41-/m1/s1. The van der Waals surface area contributed by atoms with Crippen LogP contribution in [0.15, 0.2) is 30.8 Å². The highest BCUT2D eigenvalue weighted by atomic mass is 16.8. The molecule has 0 bridgehead atoms. The number of carbonyl (C=O) groups is 1. The molecule has 27 heteroatoms. The number of ether oxygens (including phenoxy) is 9. The number of hydrogen-bond acceptors (Lipinski definition) is 26. The van der Waals surface area contributed by atoms with Gasteiger partial charge in [-0.3, -0.25) is 4.79 Å². The largest absolute Gasteiger partial charge is 0.394 e. The second kappa shape index (κ2) is 23.8. The molecule has 0 aromatic heterocycles. The van der Waals surface area contributed by atoms with Crippen molar-refractivity contribution in [2.45, 2.75) is 167 Å². The molecule has 0 spiro atoms. The summed E-state index contributed by atoms with van der Waals surface area (Å²) in [6.07, 6.45) is -44.3. The Hall–Kier alpha value is -2.57. The first kappa shape index (κ1) is 54.8. The number of nitrogens with zero attached hydrogens (tertiary/aromatic N) is 1. The number of aliphatic hydroxyl groups is 16. The van der Waals surface area contributed by atoms with Gasteiger partial charge in [0.05, 0.1) is 33.0 Å². The van der Waals surface area contributed by atoms with E-state index in [9.17, 15) is 86.5 Å². The van der Waals surface area contributed by atoms with E-state index >= 15 is 0 Å². The van der Waals surface area contributed by atoms with Gasteiger partial charge in [0.1, 0.15) is 122 Å². The van der Waals surface area contributed by atoms with E-state index < -0.39 is 192 Å². The zero-order valence-corrected chi connectivity index (χ0v) is 36.5. The van der Waals surface area contributed by atoms with Gasteiger partial charge in [0, 0.05) is 13.5 Å². The van der Waals surface area contributed by atoms with E-state index in [1.807, 2.05) is 0 Å². The number of carbonyl (C=O) groups excluding carboxylic acids is 1. The summed E-state index contributed by atoms with van der Waals surface area (Å²) in [5.74, 6) is -0.559. The lowest BCUT2D eigenvalue weighted by Crippen LogP contribution is -2.68. The first-order valence-electron chi connectivity index (χ1n) is 21.7. The average Bonchev–Trinajstić information content (AvgIpc) is 3.33. The Bertz CT molecular complexity index is 1740. The third kappa shape index (κ3) is 11.4. The maximum absolute atomic E-state index is 12.8. The highest BCUT2D eigenvalue weighted by Gasteiger charge is 2.57. The third-order valence-corrected chi connectivity index (χ3v) is 12.6. The van der Waals surface area contributed by atoms with Crippen LogP contribution >= 0.6 is 0 Å². The second-order valence-electron chi connectivity index (χ2n) is 17.0. The molecule has 5 saturated heterocycles. The summed E-state index contributed by atoms with van der Waals surface area (Å²) in [6, 6.07) is 6.92. The van der Waals surface area contributed by atoms with Gasteiger partial charge in [-0.1, -0.05) is 36.9 Å². The zero-order valence-electron chi connectivity index (χ0n) is 36.5. The second-order valence-corrected chi connectivity index (χ2v) is 17.0. The van der Waals surface area contributed by atoms with Crippen molar-refractivity contribution in [2.24, 2.45) is 0 Å². The minimum Gasteiger partial charge on any atom is -0.394 e. The van der Waals surface area contributed by atoms with Crippen LogP contribution in [-0.2, 0) is 54.0 Å². The Balaban J connectivity index is 1.08. The van der Waals surface area contributed by atoms with Crippen molar-refractivity contribution in [3.05, 3.63) is 42.0 Å². The molecule has 27 nitrogen and oxygen atoms in total. The van der Waals surface area contributed by atoms with E-state index in [1.165, 1.54) is 6.92 Å². The molecule has 0 radical (unpaired) electrons. The predicted molar refractivity (Wildman–Crippen MR) is 217 cm³/mol. The van der Waals surface area contributed by atoms with Crippen LogP contribution < -0.4 is 0 Å². The van der Waals surface area contributed by atoms with E-state index in [1.54, 1.807) is 30.3 Å². The van der Waals surface area contributed by atoms with Crippen molar-refractivity contribution >= 4 is 12.0 Å². The van der Waals surface area contributed by atoms with Gasteiger partial charge in [-0.25, -0.2) is 0 Å². The molecule has 388 valence electrons. The Morgan fingerprint density at radius 2 is 0.809 bits per heavy atom. The first-order valence-corrected chi connectivity index (χ1v) is 21.7. The van der Waals surface area contributed by atoms with Gasteiger partial charge in [-0.05, 0) is 11.1 Å². The highest BCUT2D eigenvalue weighted by molar-refractivity contribution is 5.73. The fraction of sp³-hybridized carbons (Fsp3) is 0.780.